The summed E-state index contributed by atoms with van der Waals surface area (Å²) in [5.74, 6) is 0.929. The maximum Gasteiger partial charge on any atom is 0.151 e. The van der Waals surface area contributed by atoms with Crippen LogP contribution >= 0.6 is 15.9 Å². The van der Waals surface area contributed by atoms with Gasteiger partial charge in [0.1, 0.15) is 4.60 Å². The van der Waals surface area contributed by atoms with Crippen LogP contribution in [0, 0.1) is 0 Å². The molecule has 1 fully saturated rings. The van der Waals surface area contributed by atoms with E-state index in [0.29, 0.717) is 0 Å². The molecule has 0 atom stereocenters. The first-order valence-electron chi connectivity index (χ1n) is 4.68. The first-order valence-corrected chi connectivity index (χ1v) is 5.47. The Labute approximate surface area is 91.4 Å². The van der Waals surface area contributed by atoms with Crippen molar-refractivity contribution in [2.45, 2.75) is 6.42 Å². The molecular formula is C9H12BrN3O. The van der Waals surface area contributed by atoms with Gasteiger partial charge in [-0.25, -0.2) is 0 Å². The summed E-state index contributed by atoms with van der Waals surface area (Å²) in [6, 6.07) is 3.89. The highest BCUT2D eigenvalue weighted by molar-refractivity contribution is 9.10. The van der Waals surface area contributed by atoms with Crippen molar-refractivity contribution in [3.8, 4) is 0 Å². The third-order valence-electron chi connectivity index (χ3n) is 2.16. The average Bonchev–Trinajstić information content (AvgIpc) is 2.47. The van der Waals surface area contributed by atoms with Crippen LogP contribution in [-0.4, -0.2) is 36.5 Å². The molecular weight excluding hydrogens is 246 g/mol. The fraction of sp³-hybridized carbons (Fsp3) is 0.556. The SMILES string of the molecule is Brc1ccc(N2CCCOCC2)nn1. The van der Waals surface area contributed by atoms with Crippen LogP contribution in [0.15, 0.2) is 16.7 Å². The van der Waals surface area contributed by atoms with E-state index in [2.05, 4.69) is 31.0 Å². The molecule has 0 aromatic carbocycles. The van der Waals surface area contributed by atoms with E-state index in [0.717, 1.165) is 43.1 Å². The van der Waals surface area contributed by atoms with E-state index in [9.17, 15) is 0 Å². The molecule has 76 valence electrons. The highest BCUT2D eigenvalue weighted by atomic mass is 79.9. The summed E-state index contributed by atoms with van der Waals surface area (Å²) >= 11 is 3.27. The van der Waals surface area contributed by atoms with Crippen molar-refractivity contribution in [2.75, 3.05) is 31.2 Å². The van der Waals surface area contributed by atoms with Crippen molar-refractivity contribution in [3.63, 3.8) is 0 Å². The molecule has 4 nitrogen and oxygen atoms in total. The zero-order chi connectivity index (χ0) is 9.80. The Hall–Kier alpha value is -0.680. The number of ether oxygens (including phenoxy) is 1. The molecule has 0 spiro atoms. The van der Waals surface area contributed by atoms with Crippen LogP contribution < -0.4 is 4.90 Å². The number of rotatable bonds is 1. The van der Waals surface area contributed by atoms with Crippen LogP contribution in [0.4, 0.5) is 5.82 Å². The topological polar surface area (TPSA) is 38.2 Å². The Morgan fingerprint density at radius 1 is 1.21 bits per heavy atom. The molecule has 14 heavy (non-hydrogen) atoms. The number of hydrogen-bond acceptors (Lipinski definition) is 4. The number of nitrogens with zero attached hydrogens (tertiary/aromatic N) is 3. The quantitative estimate of drug-likeness (QED) is 0.764. The lowest BCUT2D eigenvalue weighted by molar-refractivity contribution is 0.152. The van der Waals surface area contributed by atoms with Gasteiger partial charge in [0, 0.05) is 19.7 Å². The van der Waals surface area contributed by atoms with E-state index in [-0.39, 0.29) is 0 Å². The first kappa shape index (κ1) is 9.86. The first-order chi connectivity index (χ1) is 6.86. The summed E-state index contributed by atoms with van der Waals surface area (Å²) in [6.45, 7) is 3.52. The average molecular weight is 258 g/mol. The van der Waals surface area contributed by atoms with Crippen LogP contribution in [0.2, 0.25) is 0 Å². The Kier molecular flexibility index (Phi) is 3.31. The van der Waals surface area contributed by atoms with Crippen molar-refractivity contribution >= 4 is 21.7 Å². The summed E-state index contributed by atoms with van der Waals surface area (Å²) in [5, 5.41) is 8.09. The molecule has 1 aliphatic heterocycles. The van der Waals surface area contributed by atoms with Crippen molar-refractivity contribution in [1.29, 1.82) is 0 Å². The van der Waals surface area contributed by atoms with Crippen LogP contribution in [0.1, 0.15) is 6.42 Å². The standard InChI is InChI=1S/C9H12BrN3O/c10-8-2-3-9(12-11-8)13-4-1-6-14-7-5-13/h2-3H,1,4-7H2. The lowest BCUT2D eigenvalue weighted by Crippen LogP contribution is -2.26. The largest absolute Gasteiger partial charge is 0.380 e. The zero-order valence-electron chi connectivity index (χ0n) is 7.82. The second-order valence-electron chi connectivity index (χ2n) is 3.17. The Morgan fingerprint density at radius 3 is 2.93 bits per heavy atom. The van der Waals surface area contributed by atoms with Gasteiger partial charge in [-0.3, -0.25) is 0 Å². The summed E-state index contributed by atoms with van der Waals surface area (Å²) in [6.07, 6.45) is 1.05. The van der Waals surface area contributed by atoms with Crippen LogP contribution in [0.25, 0.3) is 0 Å². The predicted octanol–water partition coefficient (Wildman–Crippen LogP) is 1.47. The van der Waals surface area contributed by atoms with E-state index < -0.39 is 0 Å². The van der Waals surface area contributed by atoms with Crippen molar-refractivity contribution in [1.82, 2.24) is 10.2 Å². The highest BCUT2D eigenvalue weighted by Crippen LogP contribution is 2.13. The summed E-state index contributed by atoms with van der Waals surface area (Å²) in [7, 11) is 0. The highest BCUT2D eigenvalue weighted by Gasteiger charge is 2.10. The minimum atomic E-state index is 0.771. The van der Waals surface area contributed by atoms with E-state index in [1.807, 2.05) is 12.1 Å². The van der Waals surface area contributed by atoms with Crippen LogP contribution in [0.3, 0.4) is 0 Å². The van der Waals surface area contributed by atoms with Gasteiger partial charge in [0.25, 0.3) is 0 Å². The molecule has 0 radical (unpaired) electrons. The lowest BCUT2D eigenvalue weighted by Gasteiger charge is -2.19. The summed E-state index contributed by atoms with van der Waals surface area (Å²) in [4.78, 5) is 2.20. The van der Waals surface area contributed by atoms with Crippen LogP contribution in [0.5, 0.6) is 0 Å². The number of halogens is 1. The molecule has 2 heterocycles. The molecule has 0 bridgehead atoms. The van der Waals surface area contributed by atoms with Gasteiger partial charge in [0.15, 0.2) is 5.82 Å². The number of anilines is 1. The van der Waals surface area contributed by atoms with E-state index in [4.69, 9.17) is 4.74 Å². The minimum Gasteiger partial charge on any atom is -0.380 e. The Bertz CT molecular complexity index is 283. The van der Waals surface area contributed by atoms with Gasteiger partial charge < -0.3 is 9.64 Å². The van der Waals surface area contributed by atoms with E-state index in [1.54, 1.807) is 0 Å². The van der Waals surface area contributed by atoms with Gasteiger partial charge in [-0.15, -0.1) is 10.2 Å². The smallest absolute Gasteiger partial charge is 0.151 e. The number of aromatic nitrogens is 2. The van der Waals surface area contributed by atoms with Gasteiger partial charge in [-0.05, 0) is 34.5 Å². The molecule has 5 heteroatoms. The minimum absolute atomic E-state index is 0.771. The van der Waals surface area contributed by atoms with Crippen molar-refractivity contribution in [3.05, 3.63) is 16.7 Å². The Morgan fingerprint density at radius 2 is 2.14 bits per heavy atom. The molecule has 0 amide bonds. The lowest BCUT2D eigenvalue weighted by atomic mass is 10.4. The predicted molar refractivity (Wildman–Crippen MR) is 57.4 cm³/mol. The third-order valence-corrected chi connectivity index (χ3v) is 2.59. The molecule has 1 aliphatic rings. The van der Waals surface area contributed by atoms with Gasteiger partial charge in [0.2, 0.25) is 0 Å². The molecule has 0 aliphatic carbocycles. The summed E-state index contributed by atoms with van der Waals surface area (Å²) < 4.78 is 6.14. The fourth-order valence-electron chi connectivity index (χ4n) is 1.45. The van der Waals surface area contributed by atoms with Gasteiger partial charge in [0.05, 0.1) is 6.61 Å². The third kappa shape index (κ3) is 2.42. The fourth-order valence-corrected chi connectivity index (χ4v) is 1.66. The maximum absolute atomic E-state index is 5.37. The number of hydrogen-bond donors (Lipinski definition) is 0. The molecule has 1 aromatic rings. The molecule has 2 rings (SSSR count). The molecule has 0 saturated carbocycles. The second kappa shape index (κ2) is 4.70. The van der Waals surface area contributed by atoms with Crippen LogP contribution in [-0.2, 0) is 4.74 Å². The van der Waals surface area contributed by atoms with Gasteiger partial charge in [-0.1, -0.05) is 0 Å². The maximum atomic E-state index is 5.37. The van der Waals surface area contributed by atoms with Crippen molar-refractivity contribution < 1.29 is 4.74 Å². The molecule has 0 unspecified atom stereocenters. The van der Waals surface area contributed by atoms with Crippen molar-refractivity contribution in [2.24, 2.45) is 0 Å². The summed E-state index contributed by atoms with van der Waals surface area (Å²) in [5.41, 5.74) is 0. The van der Waals surface area contributed by atoms with E-state index >= 15 is 0 Å². The van der Waals surface area contributed by atoms with E-state index in [1.165, 1.54) is 0 Å². The molecule has 0 N–H and O–H groups in total. The second-order valence-corrected chi connectivity index (χ2v) is 3.98. The molecule has 1 aromatic heterocycles. The molecule has 1 saturated heterocycles. The van der Waals surface area contributed by atoms with Gasteiger partial charge in [-0.2, -0.15) is 0 Å². The Balaban J connectivity index is 2.08. The monoisotopic (exact) mass is 257 g/mol. The normalized spacial score (nSPS) is 17.9. The van der Waals surface area contributed by atoms with Gasteiger partial charge >= 0.3 is 0 Å². The zero-order valence-corrected chi connectivity index (χ0v) is 9.40.